The van der Waals surface area contributed by atoms with Crippen molar-refractivity contribution in [2.45, 2.75) is 44.2 Å². The fraction of sp³-hybridized carbons (Fsp3) is 0.600. The number of rotatable bonds is 2. The van der Waals surface area contributed by atoms with E-state index in [0.29, 0.717) is 11.8 Å². The summed E-state index contributed by atoms with van der Waals surface area (Å²) >= 11 is 0. The third-order valence-electron chi connectivity index (χ3n) is 4.48. The Morgan fingerprint density at radius 1 is 1.22 bits per heavy atom. The minimum Gasteiger partial charge on any atom is -0.497 e. The van der Waals surface area contributed by atoms with Crippen LogP contribution in [0.5, 0.6) is 5.75 Å². The molecule has 1 aromatic carbocycles. The minimum absolute atomic E-state index is 0.150. The molecule has 1 N–H and O–H groups in total. The van der Waals surface area contributed by atoms with E-state index in [9.17, 15) is 4.39 Å². The Morgan fingerprint density at radius 2 is 2.11 bits per heavy atom. The molecule has 1 aromatic rings. The van der Waals surface area contributed by atoms with Gasteiger partial charge in [0.1, 0.15) is 11.6 Å². The summed E-state index contributed by atoms with van der Waals surface area (Å²) in [5.41, 5.74) is 0.793. The van der Waals surface area contributed by atoms with Gasteiger partial charge in [0.2, 0.25) is 0 Å². The molecule has 3 rings (SSSR count). The Hall–Kier alpha value is -1.09. The molecule has 0 bridgehead atoms. The van der Waals surface area contributed by atoms with Crippen LogP contribution in [0.4, 0.5) is 4.39 Å². The second-order valence-electron chi connectivity index (χ2n) is 5.48. The molecule has 3 heteroatoms. The van der Waals surface area contributed by atoms with Crippen molar-refractivity contribution < 1.29 is 9.13 Å². The molecule has 18 heavy (non-hydrogen) atoms. The van der Waals surface area contributed by atoms with E-state index in [0.717, 1.165) is 17.9 Å². The molecule has 1 aliphatic heterocycles. The number of piperidine rings is 1. The fourth-order valence-corrected chi connectivity index (χ4v) is 3.49. The maximum atomic E-state index is 14.0. The Bertz CT molecular complexity index is 435. The van der Waals surface area contributed by atoms with Crippen LogP contribution in [0.15, 0.2) is 18.2 Å². The zero-order valence-electron chi connectivity index (χ0n) is 10.8. The summed E-state index contributed by atoms with van der Waals surface area (Å²) in [7, 11) is 1.57. The van der Waals surface area contributed by atoms with E-state index in [2.05, 4.69) is 5.32 Å². The summed E-state index contributed by atoms with van der Waals surface area (Å²) in [5.74, 6) is 1.26. The smallest absolute Gasteiger partial charge is 0.131 e. The van der Waals surface area contributed by atoms with Crippen molar-refractivity contribution in [2.75, 3.05) is 7.11 Å². The largest absolute Gasteiger partial charge is 0.497 e. The summed E-state index contributed by atoms with van der Waals surface area (Å²) in [6.45, 7) is 0. The fourth-order valence-electron chi connectivity index (χ4n) is 3.49. The number of hydrogen-bond donors (Lipinski definition) is 1. The zero-order chi connectivity index (χ0) is 12.5. The molecule has 2 fully saturated rings. The van der Waals surface area contributed by atoms with Gasteiger partial charge in [-0.1, -0.05) is 12.5 Å². The summed E-state index contributed by atoms with van der Waals surface area (Å²) in [5, 5.41) is 3.63. The number of ether oxygens (including phenoxy) is 1. The lowest BCUT2D eigenvalue weighted by atomic mass is 9.87. The molecule has 1 aliphatic carbocycles. The van der Waals surface area contributed by atoms with Crippen LogP contribution in [-0.2, 0) is 0 Å². The van der Waals surface area contributed by atoms with Gasteiger partial charge in [-0.05, 0) is 37.7 Å². The van der Waals surface area contributed by atoms with Gasteiger partial charge < -0.3 is 10.1 Å². The van der Waals surface area contributed by atoms with E-state index in [1.807, 2.05) is 12.1 Å². The number of benzene rings is 1. The molecule has 98 valence electrons. The van der Waals surface area contributed by atoms with Crippen LogP contribution in [0, 0.1) is 11.7 Å². The maximum absolute atomic E-state index is 14.0. The predicted octanol–water partition coefficient (Wildman–Crippen LogP) is 3.43. The molecular weight excluding hydrogens is 229 g/mol. The molecule has 1 heterocycles. The van der Waals surface area contributed by atoms with Gasteiger partial charge in [0.15, 0.2) is 0 Å². The van der Waals surface area contributed by atoms with Crippen molar-refractivity contribution in [3.63, 3.8) is 0 Å². The molecule has 3 unspecified atom stereocenters. The van der Waals surface area contributed by atoms with Gasteiger partial charge in [0, 0.05) is 23.7 Å². The summed E-state index contributed by atoms with van der Waals surface area (Å²) in [6.07, 6.45) is 6.19. The maximum Gasteiger partial charge on any atom is 0.131 e. The molecule has 2 aliphatic rings. The van der Waals surface area contributed by atoms with E-state index in [1.165, 1.54) is 31.7 Å². The highest BCUT2D eigenvalue weighted by atomic mass is 19.1. The first-order valence-corrected chi connectivity index (χ1v) is 6.87. The number of halogens is 1. The van der Waals surface area contributed by atoms with Crippen LogP contribution in [0.2, 0.25) is 0 Å². The summed E-state index contributed by atoms with van der Waals surface area (Å²) in [4.78, 5) is 0. The average Bonchev–Trinajstić information content (AvgIpc) is 2.85. The van der Waals surface area contributed by atoms with Crippen molar-refractivity contribution in [1.29, 1.82) is 0 Å². The first kappa shape index (κ1) is 12.0. The van der Waals surface area contributed by atoms with Crippen molar-refractivity contribution in [1.82, 2.24) is 5.32 Å². The average molecular weight is 249 g/mol. The van der Waals surface area contributed by atoms with E-state index in [4.69, 9.17) is 4.74 Å². The van der Waals surface area contributed by atoms with Crippen molar-refractivity contribution >= 4 is 0 Å². The Morgan fingerprint density at radius 3 is 2.89 bits per heavy atom. The third kappa shape index (κ3) is 2.12. The molecule has 1 saturated carbocycles. The molecule has 0 spiro atoms. The highest BCUT2D eigenvalue weighted by Crippen LogP contribution is 2.38. The topological polar surface area (TPSA) is 21.3 Å². The quantitative estimate of drug-likeness (QED) is 0.867. The van der Waals surface area contributed by atoms with Crippen molar-refractivity contribution in [3.05, 3.63) is 29.6 Å². The predicted molar refractivity (Wildman–Crippen MR) is 69.2 cm³/mol. The Kier molecular flexibility index (Phi) is 3.25. The van der Waals surface area contributed by atoms with Gasteiger partial charge in [-0.15, -0.1) is 0 Å². The van der Waals surface area contributed by atoms with Crippen LogP contribution in [0.1, 0.15) is 43.7 Å². The highest BCUT2D eigenvalue weighted by molar-refractivity contribution is 5.31. The normalized spacial score (nSPS) is 31.1. The SMILES string of the molecule is COc1ccc(C2CCC3CCCC3N2)c(F)c1. The molecule has 3 atom stereocenters. The standard InChI is InChI=1S/C15H20FNO/c1-18-11-6-7-12(13(16)9-11)15-8-5-10-3-2-4-14(10)17-15/h6-7,9-10,14-15,17H,2-5,8H2,1H3. The van der Waals surface area contributed by atoms with Crippen LogP contribution in [0.3, 0.4) is 0 Å². The monoisotopic (exact) mass is 249 g/mol. The number of nitrogens with one attached hydrogen (secondary N) is 1. The van der Waals surface area contributed by atoms with E-state index >= 15 is 0 Å². The van der Waals surface area contributed by atoms with Gasteiger partial charge in [-0.3, -0.25) is 0 Å². The van der Waals surface area contributed by atoms with Gasteiger partial charge in [0.05, 0.1) is 7.11 Å². The molecule has 0 amide bonds. The highest BCUT2D eigenvalue weighted by Gasteiger charge is 2.34. The summed E-state index contributed by atoms with van der Waals surface area (Å²) < 4.78 is 19.1. The van der Waals surface area contributed by atoms with Gasteiger partial charge >= 0.3 is 0 Å². The van der Waals surface area contributed by atoms with E-state index < -0.39 is 0 Å². The lowest BCUT2D eigenvalue weighted by molar-refractivity contribution is 0.257. The number of fused-ring (bicyclic) bond motifs is 1. The first-order valence-electron chi connectivity index (χ1n) is 6.87. The number of methoxy groups -OCH3 is 1. The van der Waals surface area contributed by atoms with Crippen LogP contribution in [0.25, 0.3) is 0 Å². The molecule has 0 aromatic heterocycles. The van der Waals surface area contributed by atoms with Crippen LogP contribution >= 0.6 is 0 Å². The minimum atomic E-state index is -0.150. The van der Waals surface area contributed by atoms with Gasteiger partial charge in [-0.2, -0.15) is 0 Å². The van der Waals surface area contributed by atoms with E-state index in [1.54, 1.807) is 7.11 Å². The van der Waals surface area contributed by atoms with Crippen LogP contribution in [-0.4, -0.2) is 13.2 Å². The third-order valence-corrected chi connectivity index (χ3v) is 4.48. The van der Waals surface area contributed by atoms with Crippen molar-refractivity contribution in [2.24, 2.45) is 5.92 Å². The second kappa shape index (κ2) is 4.88. The molecule has 2 nitrogen and oxygen atoms in total. The lowest BCUT2D eigenvalue weighted by Crippen LogP contribution is -2.40. The number of hydrogen-bond acceptors (Lipinski definition) is 2. The second-order valence-corrected chi connectivity index (χ2v) is 5.48. The molecule has 0 radical (unpaired) electrons. The Balaban J connectivity index is 1.78. The first-order chi connectivity index (χ1) is 8.78. The van der Waals surface area contributed by atoms with Crippen molar-refractivity contribution in [3.8, 4) is 5.75 Å². The molecule has 1 saturated heterocycles. The van der Waals surface area contributed by atoms with Gasteiger partial charge in [0.25, 0.3) is 0 Å². The summed E-state index contributed by atoms with van der Waals surface area (Å²) in [6, 6.07) is 5.97. The molecular formula is C15H20FNO. The van der Waals surface area contributed by atoms with Crippen LogP contribution < -0.4 is 10.1 Å². The lowest BCUT2D eigenvalue weighted by Gasteiger charge is -2.34. The van der Waals surface area contributed by atoms with Gasteiger partial charge in [-0.25, -0.2) is 4.39 Å². The zero-order valence-corrected chi connectivity index (χ0v) is 10.8. The Labute approximate surface area is 108 Å². The van der Waals surface area contributed by atoms with E-state index in [-0.39, 0.29) is 11.9 Å².